The van der Waals surface area contributed by atoms with E-state index in [1.807, 2.05) is 0 Å². The van der Waals surface area contributed by atoms with Crippen LogP contribution >= 0.6 is 0 Å². The fourth-order valence-electron chi connectivity index (χ4n) is 2.74. The highest BCUT2D eigenvalue weighted by molar-refractivity contribution is 6.62. The van der Waals surface area contributed by atoms with Crippen LogP contribution in [0.25, 0.3) is 0 Å². The summed E-state index contributed by atoms with van der Waals surface area (Å²) in [6.45, 7) is 17.4. The van der Waals surface area contributed by atoms with E-state index in [1.165, 1.54) is 11.1 Å². The topological polar surface area (TPSA) is 18.5 Å². The zero-order valence-corrected chi connectivity index (χ0v) is 14.8. The molecule has 0 bridgehead atoms. The van der Waals surface area contributed by atoms with E-state index in [-0.39, 0.29) is 18.3 Å². The van der Waals surface area contributed by atoms with E-state index in [0.29, 0.717) is 11.8 Å². The van der Waals surface area contributed by atoms with Crippen molar-refractivity contribution < 1.29 is 9.31 Å². The molecule has 0 aliphatic carbocycles. The van der Waals surface area contributed by atoms with Crippen molar-refractivity contribution in [2.45, 2.75) is 78.4 Å². The minimum Gasteiger partial charge on any atom is -0.399 e. The van der Waals surface area contributed by atoms with Gasteiger partial charge in [0, 0.05) is 0 Å². The Morgan fingerprint density at radius 2 is 1.29 bits per heavy atom. The van der Waals surface area contributed by atoms with Crippen LogP contribution in [0.5, 0.6) is 0 Å². The van der Waals surface area contributed by atoms with Crippen molar-refractivity contribution in [2.24, 2.45) is 0 Å². The van der Waals surface area contributed by atoms with Crippen molar-refractivity contribution in [3.8, 4) is 0 Å². The summed E-state index contributed by atoms with van der Waals surface area (Å²) in [5.74, 6) is 1.04. The molecule has 0 radical (unpaired) electrons. The third kappa shape index (κ3) is 3.05. The third-order valence-electron chi connectivity index (χ3n) is 4.88. The first-order valence-electron chi connectivity index (χ1n) is 8.04. The SMILES string of the molecule is CC(C)c1ccc(B2OC(C)(C)C(C)(C)O2)cc1C(C)C. The first-order chi connectivity index (χ1) is 9.55. The molecule has 0 unspecified atom stereocenters. The van der Waals surface area contributed by atoms with E-state index in [2.05, 4.69) is 73.6 Å². The van der Waals surface area contributed by atoms with Crippen molar-refractivity contribution in [1.82, 2.24) is 0 Å². The molecule has 2 nitrogen and oxygen atoms in total. The molecule has 1 aliphatic heterocycles. The van der Waals surface area contributed by atoms with Crippen LogP contribution in [0.4, 0.5) is 0 Å². The Bertz CT molecular complexity index is 502. The Hall–Kier alpha value is -0.795. The second-order valence-electron chi connectivity index (χ2n) is 7.79. The minimum atomic E-state index is -0.285. The van der Waals surface area contributed by atoms with Crippen molar-refractivity contribution in [1.29, 1.82) is 0 Å². The van der Waals surface area contributed by atoms with Gasteiger partial charge in [-0.15, -0.1) is 0 Å². The molecule has 0 N–H and O–H groups in total. The highest BCUT2D eigenvalue weighted by atomic mass is 16.7. The Morgan fingerprint density at radius 3 is 1.71 bits per heavy atom. The lowest BCUT2D eigenvalue weighted by atomic mass is 9.75. The molecule has 0 atom stereocenters. The Labute approximate surface area is 130 Å². The number of hydrogen-bond donors (Lipinski definition) is 0. The van der Waals surface area contributed by atoms with Gasteiger partial charge >= 0.3 is 7.12 Å². The summed E-state index contributed by atoms with van der Waals surface area (Å²) >= 11 is 0. The summed E-state index contributed by atoms with van der Waals surface area (Å²) in [6.07, 6.45) is 0. The molecule has 0 saturated carbocycles. The largest absolute Gasteiger partial charge is 0.494 e. The maximum Gasteiger partial charge on any atom is 0.494 e. The van der Waals surface area contributed by atoms with Gasteiger partial charge < -0.3 is 9.31 Å². The van der Waals surface area contributed by atoms with Gasteiger partial charge in [-0.05, 0) is 56.1 Å². The normalized spacial score (nSPS) is 20.6. The van der Waals surface area contributed by atoms with E-state index < -0.39 is 0 Å². The molecule has 21 heavy (non-hydrogen) atoms. The monoisotopic (exact) mass is 288 g/mol. The maximum atomic E-state index is 6.16. The standard InChI is InChI=1S/C18H29BO2/c1-12(2)15-10-9-14(11-16(15)13(3)4)19-20-17(5,6)18(7,8)21-19/h9-13H,1-8H3. The Morgan fingerprint density at radius 1 is 0.810 bits per heavy atom. The average Bonchev–Trinajstić information content (AvgIpc) is 2.57. The molecule has 0 spiro atoms. The van der Waals surface area contributed by atoms with Gasteiger partial charge in [0.2, 0.25) is 0 Å². The Kier molecular flexibility index (Phi) is 4.29. The predicted molar refractivity (Wildman–Crippen MR) is 90.3 cm³/mol. The van der Waals surface area contributed by atoms with Gasteiger partial charge in [0.25, 0.3) is 0 Å². The fourth-order valence-corrected chi connectivity index (χ4v) is 2.74. The molecule has 2 rings (SSSR count). The van der Waals surface area contributed by atoms with E-state index in [1.54, 1.807) is 0 Å². The van der Waals surface area contributed by atoms with Crippen LogP contribution in [0.3, 0.4) is 0 Å². The first-order valence-corrected chi connectivity index (χ1v) is 8.04. The lowest BCUT2D eigenvalue weighted by Gasteiger charge is -2.32. The van der Waals surface area contributed by atoms with Gasteiger partial charge in [0.15, 0.2) is 0 Å². The molecule has 1 fully saturated rings. The first kappa shape index (κ1) is 16.6. The van der Waals surface area contributed by atoms with Crippen molar-refractivity contribution in [3.05, 3.63) is 29.3 Å². The van der Waals surface area contributed by atoms with Gasteiger partial charge in [-0.1, -0.05) is 45.9 Å². The summed E-state index contributed by atoms with van der Waals surface area (Å²) in [6, 6.07) is 6.66. The van der Waals surface area contributed by atoms with E-state index >= 15 is 0 Å². The van der Waals surface area contributed by atoms with E-state index in [9.17, 15) is 0 Å². The second kappa shape index (κ2) is 5.44. The highest BCUT2D eigenvalue weighted by Crippen LogP contribution is 2.37. The smallest absolute Gasteiger partial charge is 0.399 e. The van der Waals surface area contributed by atoms with Crippen molar-refractivity contribution in [2.75, 3.05) is 0 Å². The van der Waals surface area contributed by atoms with Gasteiger partial charge in [-0.3, -0.25) is 0 Å². The van der Waals surface area contributed by atoms with Gasteiger partial charge in [-0.25, -0.2) is 0 Å². The fraction of sp³-hybridized carbons (Fsp3) is 0.667. The highest BCUT2D eigenvalue weighted by Gasteiger charge is 2.51. The lowest BCUT2D eigenvalue weighted by Crippen LogP contribution is -2.41. The van der Waals surface area contributed by atoms with Crippen LogP contribution in [0.2, 0.25) is 0 Å². The van der Waals surface area contributed by atoms with Crippen LogP contribution in [-0.2, 0) is 9.31 Å². The van der Waals surface area contributed by atoms with Gasteiger partial charge in [0.1, 0.15) is 0 Å². The molecule has 0 aromatic heterocycles. The Balaban J connectivity index is 2.37. The molecular formula is C18H29BO2. The summed E-state index contributed by atoms with van der Waals surface area (Å²) in [4.78, 5) is 0. The van der Waals surface area contributed by atoms with Crippen molar-refractivity contribution in [3.63, 3.8) is 0 Å². The summed E-state index contributed by atoms with van der Waals surface area (Å²) in [7, 11) is -0.270. The second-order valence-corrected chi connectivity index (χ2v) is 7.79. The number of rotatable bonds is 3. The summed E-state index contributed by atoms with van der Waals surface area (Å²) in [5, 5.41) is 0. The van der Waals surface area contributed by atoms with Crippen LogP contribution in [-0.4, -0.2) is 18.3 Å². The molecule has 0 amide bonds. The summed E-state index contributed by atoms with van der Waals surface area (Å²) < 4.78 is 12.3. The van der Waals surface area contributed by atoms with Gasteiger partial charge in [-0.2, -0.15) is 0 Å². The van der Waals surface area contributed by atoms with Crippen LogP contribution in [0.1, 0.15) is 78.4 Å². The number of hydrogen-bond acceptors (Lipinski definition) is 2. The zero-order valence-electron chi connectivity index (χ0n) is 14.8. The maximum absolute atomic E-state index is 6.16. The van der Waals surface area contributed by atoms with Crippen LogP contribution < -0.4 is 5.46 Å². The molecule has 1 aliphatic rings. The third-order valence-corrected chi connectivity index (χ3v) is 4.88. The van der Waals surface area contributed by atoms with E-state index in [4.69, 9.17) is 9.31 Å². The quantitative estimate of drug-likeness (QED) is 0.775. The molecular weight excluding hydrogens is 259 g/mol. The molecule has 3 heteroatoms. The molecule has 1 aromatic carbocycles. The van der Waals surface area contributed by atoms with Crippen molar-refractivity contribution >= 4 is 12.6 Å². The van der Waals surface area contributed by atoms with Crippen LogP contribution in [0.15, 0.2) is 18.2 Å². The predicted octanol–water partition coefficient (Wildman–Crippen LogP) is 4.23. The molecule has 116 valence electrons. The number of benzene rings is 1. The molecule has 1 saturated heterocycles. The molecule has 1 aromatic rings. The van der Waals surface area contributed by atoms with E-state index in [0.717, 1.165) is 5.46 Å². The molecule has 1 heterocycles. The summed E-state index contributed by atoms with van der Waals surface area (Å²) in [5.41, 5.74) is 3.38. The van der Waals surface area contributed by atoms with Gasteiger partial charge in [0.05, 0.1) is 11.2 Å². The van der Waals surface area contributed by atoms with Crippen LogP contribution in [0, 0.1) is 0 Å². The average molecular weight is 288 g/mol. The lowest BCUT2D eigenvalue weighted by molar-refractivity contribution is 0.00578. The zero-order chi connectivity index (χ0) is 16.0. The minimum absolute atomic E-state index is 0.270.